The van der Waals surface area contributed by atoms with E-state index < -0.39 is 5.41 Å². The zero-order valence-electron chi connectivity index (χ0n) is 31.0. The highest BCUT2D eigenvalue weighted by atomic mass is 16.5. The number of hydrogen-bond donors (Lipinski definition) is 0. The molecule has 258 valence electrons. The van der Waals surface area contributed by atoms with E-state index in [1.807, 2.05) is 0 Å². The molecule has 1 aliphatic rings. The molecule has 2 heteroatoms. The Morgan fingerprint density at radius 2 is 0.863 bits per heavy atom. The highest BCUT2D eigenvalue weighted by Gasteiger charge is 2.46. The van der Waals surface area contributed by atoms with Crippen LogP contribution in [0.5, 0.6) is 17.2 Å². The minimum atomic E-state index is -0.480. The molecule has 6 aromatic rings. The third-order valence-electron chi connectivity index (χ3n) is 12.0. The smallest absolute Gasteiger partial charge is 0.127 e. The van der Waals surface area contributed by atoms with Crippen molar-refractivity contribution in [3.8, 4) is 39.5 Å². The largest absolute Gasteiger partial charge is 0.488 e. The summed E-state index contributed by atoms with van der Waals surface area (Å²) in [7, 11) is 0. The fourth-order valence-electron chi connectivity index (χ4n) is 7.82. The van der Waals surface area contributed by atoms with Crippen LogP contribution in [-0.4, -0.2) is 5.60 Å². The number of fused-ring (bicyclic) bond motifs is 3. The van der Waals surface area contributed by atoms with Gasteiger partial charge < -0.3 is 9.47 Å². The third kappa shape index (κ3) is 6.16. The summed E-state index contributed by atoms with van der Waals surface area (Å²) in [5, 5.41) is 0. The molecule has 0 saturated carbocycles. The van der Waals surface area contributed by atoms with Gasteiger partial charge in [0, 0.05) is 0 Å². The number of rotatable bonds is 12. The van der Waals surface area contributed by atoms with Gasteiger partial charge in [-0.05, 0) is 124 Å². The van der Waals surface area contributed by atoms with Crippen molar-refractivity contribution >= 4 is 0 Å². The number of benzene rings is 6. The molecule has 0 heterocycles. The Kier molecular flexibility index (Phi) is 9.38. The van der Waals surface area contributed by atoms with Crippen LogP contribution in [0, 0.1) is 0 Å². The predicted octanol–water partition coefficient (Wildman–Crippen LogP) is 13.5. The van der Waals surface area contributed by atoms with Gasteiger partial charge in [0.05, 0.1) is 5.41 Å². The lowest BCUT2D eigenvalue weighted by atomic mass is 9.68. The van der Waals surface area contributed by atoms with E-state index in [-0.39, 0.29) is 11.0 Å². The Balaban J connectivity index is 1.20. The molecule has 51 heavy (non-hydrogen) atoms. The van der Waals surface area contributed by atoms with Crippen molar-refractivity contribution in [3.63, 3.8) is 0 Å². The van der Waals surface area contributed by atoms with Gasteiger partial charge in [0.2, 0.25) is 0 Å². The van der Waals surface area contributed by atoms with Crippen molar-refractivity contribution < 1.29 is 9.47 Å². The van der Waals surface area contributed by atoms with Crippen molar-refractivity contribution in [1.82, 2.24) is 0 Å². The molecule has 0 radical (unpaired) electrons. The lowest BCUT2D eigenvalue weighted by Crippen LogP contribution is -2.31. The molecule has 2 nitrogen and oxygen atoms in total. The van der Waals surface area contributed by atoms with Crippen molar-refractivity contribution in [3.05, 3.63) is 173 Å². The Morgan fingerprint density at radius 1 is 0.451 bits per heavy atom. The molecule has 0 aromatic heterocycles. The molecule has 7 rings (SSSR count). The molecule has 0 amide bonds. The monoisotopic (exact) mass is 670 g/mol. The van der Waals surface area contributed by atoms with Gasteiger partial charge >= 0.3 is 0 Å². The van der Waals surface area contributed by atoms with Crippen LogP contribution in [0.25, 0.3) is 22.3 Å². The minimum absolute atomic E-state index is 0.182. The highest BCUT2D eigenvalue weighted by Crippen LogP contribution is 2.56. The standard InChI is InChI=1S/C49H50O2/c1-7-47(5,8-2)37-23-19-35(20-24-37)36-21-29-40(30-22-36)50-41-31-25-38(26-32-41)49(39-27-33-42(34-28-39)51-48(6,9-3)10-4)45-17-13-11-15-43(45)44-16-12-14-18-46(44)49/h11-34H,7-10H2,1-6H3. The Hall–Kier alpha value is -5.08. The van der Waals surface area contributed by atoms with Crippen molar-refractivity contribution in [2.24, 2.45) is 0 Å². The van der Waals surface area contributed by atoms with E-state index in [0.29, 0.717) is 0 Å². The molecule has 0 aliphatic heterocycles. The van der Waals surface area contributed by atoms with E-state index in [9.17, 15) is 0 Å². The molecule has 0 saturated heterocycles. The molecule has 0 fully saturated rings. The van der Waals surface area contributed by atoms with Crippen LogP contribution >= 0.6 is 0 Å². The Bertz CT molecular complexity index is 2030. The van der Waals surface area contributed by atoms with Gasteiger partial charge in [0.1, 0.15) is 22.8 Å². The average molecular weight is 671 g/mol. The van der Waals surface area contributed by atoms with Crippen LogP contribution < -0.4 is 9.47 Å². The van der Waals surface area contributed by atoms with E-state index in [2.05, 4.69) is 187 Å². The van der Waals surface area contributed by atoms with Crippen LogP contribution in [0.4, 0.5) is 0 Å². The second-order valence-electron chi connectivity index (χ2n) is 14.6. The number of ether oxygens (including phenoxy) is 2. The molecular formula is C49H50O2. The van der Waals surface area contributed by atoms with Gasteiger partial charge in [-0.15, -0.1) is 0 Å². The van der Waals surface area contributed by atoms with Gasteiger partial charge in [0.15, 0.2) is 0 Å². The van der Waals surface area contributed by atoms with Gasteiger partial charge in [-0.1, -0.05) is 144 Å². The summed E-state index contributed by atoms with van der Waals surface area (Å²) in [6.07, 6.45) is 4.19. The first-order valence-electron chi connectivity index (χ1n) is 18.7. The van der Waals surface area contributed by atoms with E-state index in [1.165, 1.54) is 50.1 Å². The van der Waals surface area contributed by atoms with Gasteiger partial charge in [-0.3, -0.25) is 0 Å². The summed E-state index contributed by atoms with van der Waals surface area (Å²) in [6, 6.07) is 52.7. The summed E-state index contributed by atoms with van der Waals surface area (Å²) in [6.45, 7) is 13.5. The SMILES string of the molecule is CCC(C)(CC)Oc1ccc(C2(c3ccc(Oc4ccc(-c5ccc(C(C)(CC)CC)cc5)cc4)cc3)c3ccccc3-c3ccccc32)cc1. The second-order valence-corrected chi connectivity index (χ2v) is 14.6. The van der Waals surface area contributed by atoms with Crippen LogP contribution in [-0.2, 0) is 10.8 Å². The normalized spacial score (nSPS) is 13.4. The fourth-order valence-corrected chi connectivity index (χ4v) is 7.82. The first-order chi connectivity index (χ1) is 24.8. The fraction of sp³-hybridized carbons (Fsp3) is 0.265. The van der Waals surface area contributed by atoms with Crippen LogP contribution in [0.3, 0.4) is 0 Å². The predicted molar refractivity (Wildman–Crippen MR) is 213 cm³/mol. The third-order valence-corrected chi connectivity index (χ3v) is 12.0. The van der Waals surface area contributed by atoms with E-state index in [1.54, 1.807) is 0 Å². The van der Waals surface area contributed by atoms with Crippen LogP contribution in [0.1, 0.15) is 95.0 Å². The first-order valence-corrected chi connectivity index (χ1v) is 18.7. The van der Waals surface area contributed by atoms with Crippen LogP contribution in [0.15, 0.2) is 146 Å². The molecular weight excluding hydrogens is 621 g/mol. The zero-order valence-corrected chi connectivity index (χ0v) is 31.0. The first kappa shape index (κ1) is 34.4. The van der Waals surface area contributed by atoms with Gasteiger partial charge in [0.25, 0.3) is 0 Å². The maximum Gasteiger partial charge on any atom is 0.127 e. The molecule has 0 N–H and O–H groups in total. The van der Waals surface area contributed by atoms with Gasteiger partial charge in [-0.25, -0.2) is 0 Å². The highest BCUT2D eigenvalue weighted by molar-refractivity contribution is 5.86. The maximum absolute atomic E-state index is 6.51. The topological polar surface area (TPSA) is 18.5 Å². The molecule has 0 atom stereocenters. The summed E-state index contributed by atoms with van der Waals surface area (Å²) < 4.78 is 12.9. The molecule has 6 aromatic carbocycles. The maximum atomic E-state index is 6.51. The quantitative estimate of drug-likeness (QED) is 0.129. The second kappa shape index (κ2) is 13.9. The Morgan fingerprint density at radius 3 is 1.31 bits per heavy atom. The van der Waals surface area contributed by atoms with Crippen molar-refractivity contribution in [2.45, 2.75) is 83.7 Å². The van der Waals surface area contributed by atoms with E-state index in [0.717, 1.165) is 42.9 Å². The summed E-state index contributed by atoms with van der Waals surface area (Å²) in [4.78, 5) is 0. The molecule has 0 spiro atoms. The molecule has 0 unspecified atom stereocenters. The van der Waals surface area contributed by atoms with E-state index in [4.69, 9.17) is 9.47 Å². The molecule has 0 bridgehead atoms. The summed E-state index contributed by atoms with van der Waals surface area (Å²) in [5.41, 5.74) is 10.9. The number of hydrogen-bond acceptors (Lipinski definition) is 2. The zero-order chi connectivity index (χ0) is 35.6. The van der Waals surface area contributed by atoms with Crippen molar-refractivity contribution in [1.29, 1.82) is 0 Å². The lowest BCUT2D eigenvalue weighted by Gasteiger charge is -2.34. The van der Waals surface area contributed by atoms with Gasteiger partial charge in [-0.2, -0.15) is 0 Å². The van der Waals surface area contributed by atoms with E-state index >= 15 is 0 Å². The average Bonchev–Trinajstić information content (AvgIpc) is 3.49. The summed E-state index contributed by atoms with van der Waals surface area (Å²) in [5.74, 6) is 2.54. The van der Waals surface area contributed by atoms with Crippen molar-refractivity contribution in [2.75, 3.05) is 0 Å². The molecule has 1 aliphatic carbocycles. The van der Waals surface area contributed by atoms with Crippen LogP contribution in [0.2, 0.25) is 0 Å². The summed E-state index contributed by atoms with van der Waals surface area (Å²) >= 11 is 0. The Labute approximate surface area is 305 Å². The minimum Gasteiger partial charge on any atom is -0.488 e. The lowest BCUT2D eigenvalue weighted by molar-refractivity contribution is 0.0803.